The van der Waals surface area contributed by atoms with Crippen molar-refractivity contribution in [1.82, 2.24) is 0 Å². The van der Waals surface area contributed by atoms with Crippen LogP contribution in [0.25, 0.3) is 0 Å². The third kappa shape index (κ3) is 8.14. The largest absolute Gasteiger partial charge is 1.00 e. The van der Waals surface area contributed by atoms with E-state index in [0.717, 1.165) is 0 Å². The van der Waals surface area contributed by atoms with E-state index in [0.29, 0.717) is 5.56 Å². The Hall–Kier alpha value is 1.00. The van der Waals surface area contributed by atoms with Crippen LogP contribution in [0.2, 0.25) is 0 Å². The Balaban J connectivity index is 0. The maximum Gasteiger partial charge on any atom is 1.00 e. The van der Waals surface area contributed by atoms with Gasteiger partial charge in [0.25, 0.3) is 0 Å². The molecule has 0 saturated heterocycles. The second-order valence-electron chi connectivity index (χ2n) is 2.51. The maximum atomic E-state index is 11.2. The van der Waals surface area contributed by atoms with Gasteiger partial charge in [-0.1, -0.05) is 30.3 Å². The van der Waals surface area contributed by atoms with Crippen molar-refractivity contribution in [3.8, 4) is 0 Å². The maximum absolute atomic E-state index is 11.2. The van der Waals surface area contributed by atoms with Gasteiger partial charge in [0.05, 0.1) is 7.82 Å². The number of benzene rings is 1. The molecule has 0 aliphatic heterocycles. The molecule has 1 rings (SSSR count). The molecule has 0 spiro atoms. The van der Waals surface area contributed by atoms with E-state index < -0.39 is 20.2 Å². The molecule has 0 bridgehead atoms. The number of ketones is 1. The first kappa shape index (κ1) is 19.3. The van der Waals surface area contributed by atoms with Gasteiger partial charge in [0.15, 0.2) is 5.78 Å². The summed E-state index contributed by atoms with van der Waals surface area (Å²) in [6.07, 6.45) is 0. The number of phosphoric ester groups is 1. The van der Waals surface area contributed by atoms with Crippen molar-refractivity contribution in [2.45, 2.75) is 0 Å². The Morgan fingerprint density at radius 1 is 1.19 bits per heavy atom. The number of carbonyl (C=O) groups is 1. The summed E-state index contributed by atoms with van der Waals surface area (Å²) in [6, 6.07) is 7.98. The first-order valence-corrected chi connectivity index (χ1v) is 5.20. The molecule has 5 nitrogen and oxygen atoms in total. The van der Waals surface area contributed by atoms with E-state index in [4.69, 9.17) is 0 Å². The first-order chi connectivity index (χ1) is 6.49. The molecule has 0 N–H and O–H groups in total. The van der Waals surface area contributed by atoms with E-state index in [1.807, 2.05) is 0 Å². The molecule has 0 aliphatic rings. The Morgan fingerprint density at radius 3 is 2.12 bits per heavy atom. The zero-order valence-electron chi connectivity index (χ0n) is 9.08. The smallest absolute Gasteiger partial charge is 0.790 e. The zero-order valence-corrected chi connectivity index (χ0v) is 14.0. The Kier molecular flexibility index (Phi) is 10.9. The van der Waals surface area contributed by atoms with Gasteiger partial charge < -0.3 is 18.9 Å². The molecule has 1 aromatic carbocycles. The van der Waals surface area contributed by atoms with Crippen molar-refractivity contribution in [2.75, 3.05) is 6.61 Å². The van der Waals surface area contributed by atoms with Crippen LogP contribution in [0.5, 0.6) is 0 Å². The van der Waals surface area contributed by atoms with E-state index in [1.54, 1.807) is 18.2 Å². The number of rotatable bonds is 4. The molecule has 0 unspecified atom stereocenters. The second kappa shape index (κ2) is 9.00. The summed E-state index contributed by atoms with van der Waals surface area (Å²) >= 11 is 0. The van der Waals surface area contributed by atoms with Gasteiger partial charge in [0.2, 0.25) is 0 Å². The number of hydrogen-bond acceptors (Lipinski definition) is 5. The van der Waals surface area contributed by atoms with Crippen LogP contribution in [-0.4, -0.2) is 12.4 Å². The Morgan fingerprint density at radius 2 is 1.69 bits per heavy atom. The number of carbonyl (C=O) groups excluding carboxylic acids is 1. The second-order valence-corrected chi connectivity index (χ2v) is 3.66. The van der Waals surface area contributed by atoms with Gasteiger partial charge in [-0.05, 0) is 0 Å². The predicted octanol–water partition coefficient (Wildman–Crippen LogP) is -6.28. The van der Waals surface area contributed by atoms with E-state index in [1.165, 1.54) is 12.1 Å². The molecular weight excluding hydrogens is 253 g/mol. The normalized spacial score (nSPS) is 9.88. The molecule has 0 fully saturated rings. The number of Topliss-reactive ketones (excluding diaryl/α,β-unsaturated/α-hetero) is 1. The average molecular weight is 260 g/mol. The van der Waals surface area contributed by atoms with Gasteiger partial charge >= 0.3 is 59.1 Å². The Bertz CT molecular complexity index is 364. The zero-order chi connectivity index (χ0) is 10.6. The Labute approximate surface area is 137 Å². The number of phosphoric acid groups is 1. The van der Waals surface area contributed by atoms with Crippen LogP contribution in [-0.2, 0) is 9.09 Å². The quantitative estimate of drug-likeness (QED) is 0.305. The molecule has 0 aliphatic carbocycles. The molecule has 0 aromatic heterocycles. The van der Waals surface area contributed by atoms with Crippen LogP contribution in [0.3, 0.4) is 0 Å². The van der Waals surface area contributed by atoms with Crippen LogP contribution in [0.1, 0.15) is 10.4 Å². The van der Waals surface area contributed by atoms with Crippen LogP contribution >= 0.6 is 7.82 Å². The topological polar surface area (TPSA) is 89.5 Å². The van der Waals surface area contributed by atoms with Gasteiger partial charge in [-0.2, -0.15) is 0 Å². The molecule has 0 radical (unpaired) electrons. The van der Waals surface area contributed by atoms with E-state index >= 15 is 0 Å². The third-order valence-corrected chi connectivity index (χ3v) is 1.89. The summed E-state index contributed by atoms with van der Waals surface area (Å²) in [6.45, 7) is -0.742. The summed E-state index contributed by atoms with van der Waals surface area (Å²) in [5.74, 6) is -0.544. The summed E-state index contributed by atoms with van der Waals surface area (Å²) < 4.78 is 13.9. The fraction of sp³-hybridized carbons (Fsp3) is 0.125. The van der Waals surface area contributed by atoms with Crippen LogP contribution in [0.15, 0.2) is 30.3 Å². The minimum Gasteiger partial charge on any atom is -0.790 e. The fourth-order valence-corrected chi connectivity index (χ4v) is 1.12. The van der Waals surface area contributed by atoms with Gasteiger partial charge in [0.1, 0.15) is 6.61 Å². The van der Waals surface area contributed by atoms with Crippen molar-refractivity contribution in [2.24, 2.45) is 0 Å². The van der Waals surface area contributed by atoms with E-state index in [-0.39, 0.29) is 59.1 Å². The minimum absolute atomic E-state index is 0. The molecule has 8 heteroatoms. The molecule has 0 saturated carbocycles. The van der Waals surface area contributed by atoms with Gasteiger partial charge in [0, 0.05) is 5.56 Å². The third-order valence-electron chi connectivity index (χ3n) is 1.45. The van der Waals surface area contributed by atoms with Crippen molar-refractivity contribution in [1.29, 1.82) is 0 Å². The summed E-state index contributed by atoms with van der Waals surface area (Å²) in [5, 5.41) is 0. The van der Waals surface area contributed by atoms with E-state index in [2.05, 4.69) is 4.52 Å². The average Bonchev–Trinajstić information content (AvgIpc) is 2.14. The van der Waals surface area contributed by atoms with Gasteiger partial charge in [-0.15, -0.1) is 0 Å². The molecule has 1 aromatic rings. The number of hydrogen-bond donors (Lipinski definition) is 0. The molecule has 0 heterocycles. The van der Waals surface area contributed by atoms with Crippen molar-refractivity contribution >= 4 is 13.6 Å². The standard InChI is InChI=1S/C8H9O5P.2Na/c9-8(6-13-14(10,11)12)7-4-2-1-3-5-7;;/h1-5H,6H2,(H2,10,11,12);;/q;2*+1/p-2. The minimum atomic E-state index is -5.06. The molecule has 76 valence electrons. The summed E-state index contributed by atoms with van der Waals surface area (Å²) in [4.78, 5) is 31.3. The molecule has 0 atom stereocenters. The van der Waals surface area contributed by atoms with Gasteiger partial charge in [-0.25, -0.2) is 0 Å². The predicted molar refractivity (Wildman–Crippen MR) is 44.3 cm³/mol. The molecular formula is C8H7Na2O5P. The van der Waals surface area contributed by atoms with Gasteiger partial charge in [-0.3, -0.25) is 4.79 Å². The SMILES string of the molecule is O=C(COP(=O)([O-])[O-])c1ccccc1.[Na+].[Na+]. The van der Waals surface area contributed by atoms with Crippen molar-refractivity contribution in [3.63, 3.8) is 0 Å². The summed E-state index contributed by atoms with van der Waals surface area (Å²) in [7, 11) is -5.06. The van der Waals surface area contributed by atoms with Crippen LogP contribution in [0.4, 0.5) is 0 Å². The van der Waals surface area contributed by atoms with E-state index in [9.17, 15) is 19.1 Å². The molecule has 0 amide bonds. The molecule has 16 heavy (non-hydrogen) atoms. The summed E-state index contributed by atoms with van der Waals surface area (Å²) in [5.41, 5.74) is 0.306. The van der Waals surface area contributed by atoms with Crippen molar-refractivity contribution in [3.05, 3.63) is 35.9 Å². The first-order valence-electron chi connectivity index (χ1n) is 3.74. The monoisotopic (exact) mass is 260 g/mol. The van der Waals surface area contributed by atoms with Crippen molar-refractivity contribution < 1.29 is 82.8 Å². The fourth-order valence-electron chi connectivity index (χ4n) is 0.845. The van der Waals surface area contributed by atoms with Crippen LogP contribution < -0.4 is 68.9 Å². The van der Waals surface area contributed by atoms with Crippen LogP contribution in [0, 0.1) is 0 Å².